The van der Waals surface area contributed by atoms with Crippen LogP contribution >= 0.6 is 0 Å². The highest BCUT2D eigenvalue weighted by atomic mass is 14.7. The highest BCUT2D eigenvalue weighted by Gasteiger charge is 1.99. The van der Waals surface area contributed by atoms with Crippen molar-refractivity contribution >= 4 is 0 Å². The summed E-state index contributed by atoms with van der Waals surface area (Å²) in [6, 6.07) is 8.47. The molecule has 0 aromatic carbocycles. The van der Waals surface area contributed by atoms with E-state index in [1.54, 1.807) is 0 Å². The van der Waals surface area contributed by atoms with Gasteiger partial charge in [0.15, 0.2) is 0 Å². The maximum absolute atomic E-state index is 4.24. The Bertz CT molecular complexity index is 545. The third-order valence-corrected chi connectivity index (χ3v) is 3.46. The molecule has 2 heterocycles. The highest BCUT2D eigenvalue weighted by molar-refractivity contribution is 5.19. The van der Waals surface area contributed by atoms with Gasteiger partial charge in [0.05, 0.1) is 0 Å². The number of hydrogen-bond donors (Lipinski definition) is 0. The van der Waals surface area contributed by atoms with Crippen LogP contribution in [0.15, 0.2) is 36.7 Å². The fourth-order valence-corrected chi connectivity index (χ4v) is 1.98. The van der Waals surface area contributed by atoms with E-state index >= 15 is 0 Å². The van der Waals surface area contributed by atoms with Crippen molar-refractivity contribution in [3.05, 3.63) is 59.2 Å². The molecule has 0 aliphatic carbocycles. The van der Waals surface area contributed by atoms with Gasteiger partial charge < -0.3 is 0 Å². The van der Waals surface area contributed by atoms with Gasteiger partial charge in [-0.15, -0.1) is 0 Å². The van der Waals surface area contributed by atoms with Crippen LogP contribution in [0.2, 0.25) is 0 Å². The molecular weight excluding hydrogens is 256 g/mol. The Labute approximate surface area is 129 Å². The quantitative estimate of drug-likeness (QED) is 0.766. The molecule has 0 N–H and O–H groups in total. The van der Waals surface area contributed by atoms with Gasteiger partial charge in [0.2, 0.25) is 0 Å². The van der Waals surface area contributed by atoms with E-state index in [2.05, 4.69) is 68.9 Å². The van der Waals surface area contributed by atoms with Gasteiger partial charge in [-0.05, 0) is 60.6 Å². The second kappa shape index (κ2) is 8.56. The lowest BCUT2D eigenvalue weighted by atomic mass is 10.0. The number of aromatic nitrogens is 2. The summed E-state index contributed by atoms with van der Waals surface area (Å²) >= 11 is 0. The number of rotatable bonds is 3. The molecule has 0 radical (unpaired) electrons. The van der Waals surface area contributed by atoms with Gasteiger partial charge >= 0.3 is 0 Å². The Morgan fingerprint density at radius 3 is 1.81 bits per heavy atom. The molecule has 2 aromatic heterocycles. The van der Waals surface area contributed by atoms with Crippen LogP contribution in [0.3, 0.4) is 0 Å². The van der Waals surface area contributed by atoms with Crippen LogP contribution in [-0.2, 0) is 6.42 Å². The molecule has 0 aliphatic heterocycles. The second-order valence-electron chi connectivity index (χ2n) is 5.97. The lowest BCUT2D eigenvalue weighted by Gasteiger charge is -2.05. The van der Waals surface area contributed by atoms with Gasteiger partial charge in [0.1, 0.15) is 0 Å². The summed E-state index contributed by atoms with van der Waals surface area (Å²) in [6.07, 6.45) is 4.79. The molecule has 2 heteroatoms. The topological polar surface area (TPSA) is 25.8 Å². The van der Waals surface area contributed by atoms with E-state index in [4.69, 9.17) is 0 Å². The zero-order chi connectivity index (χ0) is 15.8. The van der Waals surface area contributed by atoms with Gasteiger partial charge in [-0.1, -0.05) is 34.6 Å². The van der Waals surface area contributed by atoms with E-state index in [1.807, 2.05) is 19.3 Å². The summed E-state index contributed by atoms with van der Waals surface area (Å²) in [4.78, 5) is 8.36. The average molecular weight is 284 g/mol. The third kappa shape index (κ3) is 6.07. The van der Waals surface area contributed by atoms with Gasteiger partial charge in [-0.2, -0.15) is 0 Å². The molecule has 0 saturated carbocycles. The average Bonchev–Trinajstić information content (AvgIpc) is 2.48. The van der Waals surface area contributed by atoms with Crippen LogP contribution < -0.4 is 0 Å². The number of pyridine rings is 2. The first-order valence-electron chi connectivity index (χ1n) is 7.81. The summed E-state index contributed by atoms with van der Waals surface area (Å²) in [5.74, 6) is 1.23. The number of hydrogen-bond acceptors (Lipinski definition) is 2. The third-order valence-electron chi connectivity index (χ3n) is 3.46. The molecule has 0 unspecified atom stereocenters. The Morgan fingerprint density at radius 2 is 1.38 bits per heavy atom. The first-order valence-corrected chi connectivity index (χ1v) is 7.81. The van der Waals surface area contributed by atoms with Crippen LogP contribution in [0.25, 0.3) is 0 Å². The molecule has 2 rings (SSSR count). The molecule has 21 heavy (non-hydrogen) atoms. The van der Waals surface area contributed by atoms with Gasteiger partial charge in [-0.25, -0.2) is 0 Å². The van der Waals surface area contributed by atoms with E-state index in [-0.39, 0.29) is 0 Å². The van der Waals surface area contributed by atoms with Crippen LogP contribution in [0.5, 0.6) is 0 Å². The van der Waals surface area contributed by atoms with Crippen molar-refractivity contribution in [1.29, 1.82) is 0 Å². The molecule has 0 fully saturated rings. The molecule has 0 amide bonds. The summed E-state index contributed by atoms with van der Waals surface area (Å²) < 4.78 is 0. The van der Waals surface area contributed by atoms with Crippen LogP contribution in [-0.4, -0.2) is 9.97 Å². The monoisotopic (exact) mass is 284 g/mol. The molecule has 0 bridgehead atoms. The van der Waals surface area contributed by atoms with E-state index in [1.165, 1.54) is 16.8 Å². The van der Waals surface area contributed by atoms with Crippen LogP contribution in [0.4, 0.5) is 0 Å². The fraction of sp³-hybridized carbons (Fsp3) is 0.474. The normalized spacial score (nSPS) is 10.5. The zero-order valence-corrected chi connectivity index (χ0v) is 14.2. The Kier molecular flexibility index (Phi) is 7.07. The first-order chi connectivity index (χ1) is 9.93. The standard InChI is InChI=1S/C10H15N.C9H13N/c1-4-10-7-9(8(2)3)5-6-11-10;1-7(2)9-4-5-10-8(3)6-9/h5-8H,4H2,1-3H3;4-7H,1-3H3. The molecule has 2 aromatic rings. The number of aryl methyl sites for hydroxylation is 2. The van der Waals surface area contributed by atoms with Gasteiger partial charge in [0.25, 0.3) is 0 Å². The van der Waals surface area contributed by atoms with E-state index in [0.717, 1.165) is 12.1 Å². The van der Waals surface area contributed by atoms with E-state index in [0.29, 0.717) is 11.8 Å². The Hall–Kier alpha value is -1.70. The van der Waals surface area contributed by atoms with E-state index in [9.17, 15) is 0 Å². The molecule has 0 saturated heterocycles. The second-order valence-corrected chi connectivity index (χ2v) is 5.97. The lowest BCUT2D eigenvalue weighted by molar-refractivity contribution is 0.853. The molecular formula is C19H28N2. The minimum Gasteiger partial charge on any atom is -0.262 e. The van der Waals surface area contributed by atoms with Crippen LogP contribution in [0, 0.1) is 6.92 Å². The van der Waals surface area contributed by atoms with Gasteiger partial charge in [-0.3, -0.25) is 9.97 Å². The SMILES string of the molecule is CCc1cc(C(C)C)ccn1.Cc1cc(C(C)C)ccn1. The predicted molar refractivity (Wildman–Crippen MR) is 90.8 cm³/mol. The van der Waals surface area contributed by atoms with Crippen molar-refractivity contribution in [1.82, 2.24) is 9.97 Å². The number of nitrogens with zero attached hydrogens (tertiary/aromatic N) is 2. The Morgan fingerprint density at radius 1 is 0.857 bits per heavy atom. The van der Waals surface area contributed by atoms with E-state index < -0.39 is 0 Å². The lowest BCUT2D eigenvalue weighted by Crippen LogP contribution is -1.91. The predicted octanol–water partition coefficient (Wildman–Crippen LogP) is 5.28. The minimum absolute atomic E-state index is 0.613. The summed E-state index contributed by atoms with van der Waals surface area (Å²) in [6.45, 7) is 12.9. The maximum Gasteiger partial charge on any atom is 0.0403 e. The molecule has 2 nitrogen and oxygen atoms in total. The molecule has 0 spiro atoms. The first kappa shape index (κ1) is 17.4. The van der Waals surface area contributed by atoms with Crippen LogP contribution in [0.1, 0.15) is 69.0 Å². The van der Waals surface area contributed by atoms with Crippen molar-refractivity contribution in [2.45, 2.75) is 59.8 Å². The van der Waals surface area contributed by atoms with Crippen molar-refractivity contribution in [2.75, 3.05) is 0 Å². The molecule has 0 atom stereocenters. The molecule has 114 valence electrons. The minimum atomic E-state index is 0.613. The highest BCUT2D eigenvalue weighted by Crippen LogP contribution is 2.14. The summed E-state index contributed by atoms with van der Waals surface area (Å²) in [5, 5.41) is 0. The van der Waals surface area contributed by atoms with Gasteiger partial charge in [0, 0.05) is 23.8 Å². The maximum atomic E-state index is 4.24. The zero-order valence-electron chi connectivity index (χ0n) is 14.2. The summed E-state index contributed by atoms with van der Waals surface area (Å²) in [5.41, 5.74) is 5.05. The van der Waals surface area contributed by atoms with Crippen molar-refractivity contribution in [3.8, 4) is 0 Å². The van der Waals surface area contributed by atoms with Crippen molar-refractivity contribution in [3.63, 3.8) is 0 Å². The smallest absolute Gasteiger partial charge is 0.0403 e. The summed E-state index contributed by atoms with van der Waals surface area (Å²) in [7, 11) is 0. The van der Waals surface area contributed by atoms with Crippen molar-refractivity contribution in [2.24, 2.45) is 0 Å². The fourth-order valence-electron chi connectivity index (χ4n) is 1.98. The van der Waals surface area contributed by atoms with Crippen molar-refractivity contribution < 1.29 is 0 Å². The molecule has 0 aliphatic rings. The largest absolute Gasteiger partial charge is 0.262 e. The Balaban J connectivity index is 0.000000211.